The number of ether oxygens (including phenoxy) is 1. The Balaban J connectivity index is 1.46. The van der Waals surface area contributed by atoms with Crippen molar-refractivity contribution in [1.29, 1.82) is 0 Å². The molecule has 1 aliphatic heterocycles. The van der Waals surface area contributed by atoms with Gasteiger partial charge in [0.15, 0.2) is 0 Å². The number of methoxy groups -OCH3 is 1. The van der Waals surface area contributed by atoms with Crippen molar-refractivity contribution in [1.82, 2.24) is 19.6 Å². The van der Waals surface area contributed by atoms with E-state index in [4.69, 9.17) is 4.74 Å². The van der Waals surface area contributed by atoms with Gasteiger partial charge in [0.05, 0.1) is 11.9 Å². The van der Waals surface area contributed by atoms with Gasteiger partial charge in [0.1, 0.15) is 0 Å². The number of carbonyl (C=O) groups excluding carboxylic acids is 1. The second kappa shape index (κ2) is 8.78. The molecule has 0 aliphatic carbocycles. The molecule has 0 spiro atoms. The number of para-hydroxylation sites is 1. The summed E-state index contributed by atoms with van der Waals surface area (Å²) in [6.07, 6.45) is 5.39. The number of rotatable bonds is 7. The lowest BCUT2D eigenvalue weighted by atomic mass is 10.2. The maximum Gasteiger partial charge on any atom is 0.222 e. The number of hydrogen-bond donors (Lipinski definition) is 0. The number of benzene rings is 1. The van der Waals surface area contributed by atoms with Gasteiger partial charge in [0.2, 0.25) is 5.91 Å². The molecule has 0 N–H and O–H groups in total. The third-order valence-corrected chi connectivity index (χ3v) is 4.53. The number of carbonyl (C=O) groups is 1. The first-order valence-corrected chi connectivity index (χ1v) is 8.84. The van der Waals surface area contributed by atoms with Crippen molar-refractivity contribution in [3.8, 4) is 5.69 Å². The van der Waals surface area contributed by atoms with E-state index >= 15 is 0 Å². The van der Waals surface area contributed by atoms with Crippen LogP contribution in [0.15, 0.2) is 42.7 Å². The van der Waals surface area contributed by atoms with Crippen molar-refractivity contribution in [2.75, 3.05) is 39.9 Å². The highest BCUT2D eigenvalue weighted by molar-refractivity contribution is 5.76. The Labute approximate surface area is 149 Å². The Kier molecular flexibility index (Phi) is 6.19. The van der Waals surface area contributed by atoms with E-state index < -0.39 is 0 Å². The van der Waals surface area contributed by atoms with Gasteiger partial charge in [-0.25, -0.2) is 4.68 Å². The molecule has 1 fully saturated rings. The van der Waals surface area contributed by atoms with Crippen LogP contribution in [0.3, 0.4) is 0 Å². The predicted molar refractivity (Wildman–Crippen MR) is 96.5 cm³/mol. The first-order valence-electron chi connectivity index (χ1n) is 8.84. The lowest BCUT2D eigenvalue weighted by Gasteiger charge is -2.34. The summed E-state index contributed by atoms with van der Waals surface area (Å²) in [5, 5.41) is 4.45. The van der Waals surface area contributed by atoms with Crippen molar-refractivity contribution < 1.29 is 9.53 Å². The van der Waals surface area contributed by atoms with E-state index in [1.165, 1.54) is 5.56 Å². The molecule has 1 amide bonds. The van der Waals surface area contributed by atoms with Gasteiger partial charge in [-0.3, -0.25) is 9.69 Å². The number of nitrogens with zero attached hydrogens (tertiary/aromatic N) is 4. The second-order valence-corrected chi connectivity index (χ2v) is 6.38. The SMILES string of the molecule is COCCCC(=O)N1CCN(Cc2cnn(-c3ccccc3)c2)CC1. The molecule has 1 aliphatic rings. The molecule has 1 saturated heterocycles. The molecule has 2 aromatic rings. The standard InChI is InChI=1S/C19H26N4O2/c1-25-13-5-8-19(24)22-11-9-21(10-12-22)15-17-14-20-23(16-17)18-6-3-2-4-7-18/h2-4,6-7,14,16H,5,8-13,15H2,1H3. The Morgan fingerprint density at radius 2 is 1.92 bits per heavy atom. The maximum atomic E-state index is 12.1. The highest BCUT2D eigenvalue weighted by atomic mass is 16.5. The van der Waals surface area contributed by atoms with Crippen LogP contribution in [0.4, 0.5) is 0 Å². The third kappa shape index (κ3) is 4.90. The minimum Gasteiger partial charge on any atom is -0.385 e. The molecule has 0 radical (unpaired) electrons. The normalized spacial score (nSPS) is 15.5. The monoisotopic (exact) mass is 342 g/mol. The van der Waals surface area contributed by atoms with Crippen molar-refractivity contribution in [3.63, 3.8) is 0 Å². The number of aromatic nitrogens is 2. The van der Waals surface area contributed by atoms with Gasteiger partial charge in [-0.05, 0) is 18.6 Å². The quantitative estimate of drug-likeness (QED) is 0.722. The highest BCUT2D eigenvalue weighted by Gasteiger charge is 2.21. The summed E-state index contributed by atoms with van der Waals surface area (Å²) in [4.78, 5) is 16.5. The Morgan fingerprint density at radius 1 is 1.16 bits per heavy atom. The van der Waals surface area contributed by atoms with Crippen LogP contribution in [-0.2, 0) is 16.1 Å². The fourth-order valence-electron chi connectivity index (χ4n) is 3.10. The third-order valence-electron chi connectivity index (χ3n) is 4.53. The topological polar surface area (TPSA) is 50.6 Å². The fraction of sp³-hybridized carbons (Fsp3) is 0.474. The van der Waals surface area contributed by atoms with Gasteiger partial charge in [-0.2, -0.15) is 5.10 Å². The van der Waals surface area contributed by atoms with Gasteiger partial charge < -0.3 is 9.64 Å². The Bertz CT molecular complexity index is 663. The minimum atomic E-state index is 0.244. The molecule has 0 bridgehead atoms. The van der Waals surface area contributed by atoms with Crippen LogP contribution < -0.4 is 0 Å². The smallest absolute Gasteiger partial charge is 0.222 e. The first-order chi connectivity index (χ1) is 12.3. The Morgan fingerprint density at radius 3 is 2.64 bits per heavy atom. The van der Waals surface area contributed by atoms with Crippen LogP contribution in [0.1, 0.15) is 18.4 Å². The molecular formula is C19H26N4O2. The molecule has 0 unspecified atom stereocenters. The van der Waals surface area contributed by atoms with Gasteiger partial charge in [-0.1, -0.05) is 18.2 Å². The summed E-state index contributed by atoms with van der Waals surface area (Å²) in [6.45, 7) is 4.95. The number of hydrogen-bond acceptors (Lipinski definition) is 4. The molecule has 6 nitrogen and oxygen atoms in total. The van der Waals surface area contributed by atoms with Crippen LogP contribution >= 0.6 is 0 Å². The van der Waals surface area contributed by atoms with Gasteiger partial charge in [0.25, 0.3) is 0 Å². The summed E-state index contributed by atoms with van der Waals surface area (Å²) in [7, 11) is 1.67. The van der Waals surface area contributed by atoms with E-state index in [1.54, 1.807) is 7.11 Å². The van der Waals surface area contributed by atoms with Crippen LogP contribution in [0.25, 0.3) is 5.69 Å². The predicted octanol–water partition coefficient (Wildman–Crippen LogP) is 1.94. The zero-order valence-electron chi connectivity index (χ0n) is 14.8. The second-order valence-electron chi connectivity index (χ2n) is 6.38. The zero-order valence-corrected chi connectivity index (χ0v) is 14.8. The van der Waals surface area contributed by atoms with Crippen molar-refractivity contribution in [3.05, 3.63) is 48.3 Å². The van der Waals surface area contributed by atoms with Crippen LogP contribution in [-0.4, -0.2) is 65.4 Å². The molecule has 0 saturated carbocycles. The summed E-state index contributed by atoms with van der Waals surface area (Å²) >= 11 is 0. The zero-order chi connectivity index (χ0) is 17.5. The molecular weight excluding hydrogens is 316 g/mol. The van der Waals surface area contributed by atoms with Crippen LogP contribution in [0, 0.1) is 0 Å². The molecule has 2 heterocycles. The van der Waals surface area contributed by atoms with Gasteiger partial charge in [0, 0.05) is 64.6 Å². The van der Waals surface area contributed by atoms with Crippen molar-refractivity contribution in [2.24, 2.45) is 0 Å². The van der Waals surface area contributed by atoms with E-state index in [2.05, 4.69) is 16.2 Å². The van der Waals surface area contributed by atoms with E-state index in [1.807, 2.05) is 46.1 Å². The average molecular weight is 342 g/mol. The van der Waals surface area contributed by atoms with Gasteiger partial charge in [-0.15, -0.1) is 0 Å². The number of piperazine rings is 1. The largest absolute Gasteiger partial charge is 0.385 e. The summed E-state index contributed by atoms with van der Waals surface area (Å²) < 4.78 is 6.92. The molecule has 0 atom stereocenters. The lowest BCUT2D eigenvalue weighted by molar-refractivity contribution is -0.133. The molecule has 1 aromatic heterocycles. The van der Waals surface area contributed by atoms with E-state index in [0.717, 1.165) is 44.8 Å². The van der Waals surface area contributed by atoms with Crippen molar-refractivity contribution in [2.45, 2.75) is 19.4 Å². The maximum absolute atomic E-state index is 12.1. The lowest BCUT2D eigenvalue weighted by Crippen LogP contribution is -2.48. The van der Waals surface area contributed by atoms with E-state index in [0.29, 0.717) is 13.0 Å². The van der Waals surface area contributed by atoms with Crippen LogP contribution in [0.5, 0.6) is 0 Å². The van der Waals surface area contributed by atoms with E-state index in [9.17, 15) is 4.79 Å². The molecule has 3 rings (SSSR count). The number of amides is 1. The van der Waals surface area contributed by atoms with Crippen molar-refractivity contribution >= 4 is 5.91 Å². The molecule has 6 heteroatoms. The highest BCUT2D eigenvalue weighted by Crippen LogP contribution is 2.12. The summed E-state index contributed by atoms with van der Waals surface area (Å²) in [6, 6.07) is 10.1. The first kappa shape index (κ1) is 17.6. The fourth-order valence-corrected chi connectivity index (χ4v) is 3.10. The summed E-state index contributed by atoms with van der Waals surface area (Å²) in [5.41, 5.74) is 2.27. The Hall–Kier alpha value is -2.18. The molecule has 1 aromatic carbocycles. The van der Waals surface area contributed by atoms with Crippen LogP contribution in [0.2, 0.25) is 0 Å². The minimum absolute atomic E-state index is 0.244. The summed E-state index contributed by atoms with van der Waals surface area (Å²) in [5.74, 6) is 0.244. The molecule has 134 valence electrons. The average Bonchev–Trinajstić information content (AvgIpc) is 3.12. The van der Waals surface area contributed by atoms with E-state index in [-0.39, 0.29) is 5.91 Å². The van der Waals surface area contributed by atoms with Gasteiger partial charge >= 0.3 is 0 Å². The molecule has 25 heavy (non-hydrogen) atoms.